The van der Waals surface area contributed by atoms with Crippen molar-refractivity contribution in [3.8, 4) is 24.7 Å². The van der Waals surface area contributed by atoms with Crippen LogP contribution in [0, 0.1) is 24.7 Å². The molecule has 0 amide bonds. The summed E-state index contributed by atoms with van der Waals surface area (Å²) in [5, 5.41) is 3.59. The molecule has 35 heavy (non-hydrogen) atoms. The molecule has 2 aromatic carbocycles. The SMILES string of the molecule is C#CCCCCCCCCc1ccc(CNCc2ccc(CCCCCCCCC#C)cc2)cc1. The molecule has 0 atom stereocenters. The number of aryl methyl sites for hydroxylation is 2. The quantitative estimate of drug-likeness (QED) is 0.151. The minimum atomic E-state index is 0.918. The Morgan fingerprint density at radius 1 is 0.429 bits per heavy atom. The maximum absolute atomic E-state index is 5.30. The maximum Gasteiger partial charge on any atom is 0.0208 e. The van der Waals surface area contributed by atoms with E-state index in [-0.39, 0.29) is 0 Å². The van der Waals surface area contributed by atoms with Gasteiger partial charge in [0, 0.05) is 25.9 Å². The number of benzene rings is 2. The molecule has 1 N–H and O–H groups in total. The zero-order chi connectivity index (χ0) is 24.8. The molecule has 0 unspecified atom stereocenters. The van der Waals surface area contributed by atoms with Crippen LogP contribution in [0.3, 0.4) is 0 Å². The second-order valence-corrected chi connectivity index (χ2v) is 9.89. The largest absolute Gasteiger partial charge is 0.309 e. The minimum Gasteiger partial charge on any atom is -0.309 e. The summed E-state index contributed by atoms with van der Waals surface area (Å²) in [4.78, 5) is 0. The van der Waals surface area contributed by atoms with E-state index >= 15 is 0 Å². The van der Waals surface area contributed by atoms with E-state index in [9.17, 15) is 0 Å². The third-order valence-corrected chi connectivity index (χ3v) is 6.78. The van der Waals surface area contributed by atoms with Gasteiger partial charge in [-0.15, -0.1) is 24.7 Å². The molecule has 0 bridgehead atoms. The van der Waals surface area contributed by atoms with E-state index in [0.717, 1.165) is 25.9 Å². The molecule has 0 fully saturated rings. The van der Waals surface area contributed by atoms with Crippen molar-refractivity contribution < 1.29 is 0 Å². The van der Waals surface area contributed by atoms with Gasteiger partial charge in [0.05, 0.1) is 0 Å². The highest BCUT2D eigenvalue weighted by atomic mass is 14.8. The van der Waals surface area contributed by atoms with Crippen molar-refractivity contribution in [1.82, 2.24) is 5.32 Å². The highest BCUT2D eigenvalue weighted by molar-refractivity contribution is 5.24. The van der Waals surface area contributed by atoms with Gasteiger partial charge in [-0.3, -0.25) is 0 Å². The fraction of sp³-hybridized carbons (Fsp3) is 0.529. The van der Waals surface area contributed by atoms with Crippen LogP contribution in [0.15, 0.2) is 48.5 Å². The Balaban J connectivity index is 1.52. The van der Waals surface area contributed by atoms with Gasteiger partial charge in [0.1, 0.15) is 0 Å². The van der Waals surface area contributed by atoms with Gasteiger partial charge in [0.2, 0.25) is 0 Å². The molecule has 0 saturated carbocycles. The van der Waals surface area contributed by atoms with E-state index in [2.05, 4.69) is 65.7 Å². The van der Waals surface area contributed by atoms with Crippen molar-refractivity contribution in [2.45, 2.75) is 116 Å². The van der Waals surface area contributed by atoms with Crippen molar-refractivity contribution in [1.29, 1.82) is 0 Å². The molecule has 0 aromatic heterocycles. The summed E-state index contributed by atoms with van der Waals surface area (Å²) in [5.74, 6) is 5.45. The zero-order valence-electron chi connectivity index (χ0n) is 22.0. The Kier molecular flexibility index (Phi) is 16.3. The lowest BCUT2D eigenvalue weighted by atomic mass is 10.0. The second-order valence-electron chi connectivity index (χ2n) is 9.89. The van der Waals surface area contributed by atoms with Crippen LogP contribution in [-0.4, -0.2) is 0 Å². The molecule has 188 valence electrons. The van der Waals surface area contributed by atoms with Gasteiger partial charge in [-0.25, -0.2) is 0 Å². The molecule has 2 rings (SSSR count). The highest BCUT2D eigenvalue weighted by Crippen LogP contribution is 2.13. The maximum atomic E-state index is 5.30. The lowest BCUT2D eigenvalue weighted by Gasteiger charge is -2.08. The summed E-state index contributed by atoms with van der Waals surface area (Å²) in [7, 11) is 0. The van der Waals surface area contributed by atoms with Crippen LogP contribution in [0.25, 0.3) is 0 Å². The molecular formula is C34H47N. The molecule has 1 heteroatoms. The lowest BCUT2D eigenvalue weighted by Crippen LogP contribution is -2.12. The average molecular weight is 470 g/mol. The van der Waals surface area contributed by atoms with Crippen LogP contribution < -0.4 is 5.32 Å². The first-order valence-corrected chi connectivity index (χ1v) is 14.0. The van der Waals surface area contributed by atoms with Gasteiger partial charge in [-0.2, -0.15) is 0 Å². The van der Waals surface area contributed by atoms with E-state index in [1.165, 1.54) is 112 Å². The summed E-state index contributed by atoms with van der Waals surface area (Å²) < 4.78 is 0. The third-order valence-electron chi connectivity index (χ3n) is 6.78. The van der Waals surface area contributed by atoms with Crippen molar-refractivity contribution >= 4 is 0 Å². The number of unbranched alkanes of at least 4 members (excludes halogenated alkanes) is 12. The van der Waals surface area contributed by atoms with Gasteiger partial charge < -0.3 is 5.32 Å². The van der Waals surface area contributed by atoms with Gasteiger partial charge in [0.15, 0.2) is 0 Å². The number of rotatable bonds is 20. The van der Waals surface area contributed by atoms with Gasteiger partial charge in [-0.05, 0) is 60.8 Å². The normalized spacial score (nSPS) is 10.7. The van der Waals surface area contributed by atoms with Gasteiger partial charge in [0.25, 0.3) is 0 Å². The number of nitrogens with one attached hydrogen (secondary N) is 1. The van der Waals surface area contributed by atoms with Crippen LogP contribution in [0.5, 0.6) is 0 Å². The zero-order valence-corrected chi connectivity index (χ0v) is 22.0. The molecule has 2 aromatic rings. The van der Waals surface area contributed by atoms with Gasteiger partial charge >= 0.3 is 0 Å². The molecule has 0 aliphatic rings. The Hall–Kier alpha value is -2.48. The Bertz CT molecular complexity index is 774. The molecule has 0 spiro atoms. The van der Waals surface area contributed by atoms with E-state index in [0.29, 0.717) is 0 Å². The first-order valence-electron chi connectivity index (χ1n) is 14.0. The summed E-state index contributed by atoms with van der Waals surface area (Å²) in [6, 6.07) is 18.3. The molecule has 0 radical (unpaired) electrons. The summed E-state index contributed by atoms with van der Waals surface area (Å²) in [5.41, 5.74) is 5.64. The molecular weight excluding hydrogens is 422 g/mol. The van der Waals surface area contributed by atoms with Crippen LogP contribution in [0.1, 0.15) is 112 Å². The van der Waals surface area contributed by atoms with Gasteiger partial charge in [-0.1, -0.05) is 99.9 Å². The van der Waals surface area contributed by atoms with Crippen molar-refractivity contribution in [2.24, 2.45) is 0 Å². The summed E-state index contributed by atoms with van der Waals surface area (Å²) in [6.45, 7) is 1.84. The first-order chi connectivity index (χ1) is 17.3. The molecule has 1 nitrogen and oxygen atoms in total. The van der Waals surface area contributed by atoms with E-state index in [1.54, 1.807) is 0 Å². The number of terminal acetylenes is 2. The summed E-state index contributed by atoms with van der Waals surface area (Å²) in [6.07, 6.45) is 30.3. The molecule has 0 saturated heterocycles. The monoisotopic (exact) mass is 469 g/mol. The number of hydrogen-bond donors (Lipinski definition) is 1. The summed E-state index contributed by atoms with van der Waals surface area (Å²) >= 11 is 0. The second kappa shape index (κ2) is 19.8. The van der Waals surface area contributed by atoms with Crippen LogP contribution in [0.2, 0.25) is 0 Å². The van der Waals surface area contributed by atoms with Crippen LogP contribution >= 0.6 is 0 Å². The molecule has 0 aliphatic heterocycles. The Morgan fingerprint density at radius 2 is 0.743 bits per heavy atom. The highest BCUT2D eigenvalue weighted by Gasteiger charge is 1.99. The van der Waals surface area contributed by atoms with Crippen molar-refractivity contribution in [3.63, 3.8) is 0 Å². The minimum absolute atomic E-state index is 0.918. The van der Waals surface area contributed by atoms with Crippen molar-refractivity contribution in [3.05, 3.63) is 70.8 Å². The van der Waals surface area contributed by atoms with E-state index in [4.69, 9.17) is 12.8 Å². The van der Waals surface area contributed by atoms with Crippen LogP contribution in [-0.2, 0) is 25.9 Å². The molecule has 0 aliphatic carbocycles. The van der Waals surface area contributed by atoms with Crippen LogP contribution in [0.4, 0.5) is 0 Å². The smallest absolute Gasteiger partial charge is 0.0208 e. The third kappa shape index (κ3) is 14.5. The first kappa shape index (κ1) is 28.8. The standard InChI is InChI=1S/C34H47N/c1-3-5-7-9-11-13-15-17-19-31-21-25-33(26-22-31)29-35-30-34-27-23-32(24-28-34)20-18-16-14-12-10-8-6-4-2/h1-2,21-28,35H,5-20,29-30H2. The fourth-order valence-corrected chi connectivity index (χ4v) is 4.53. The van der Waals surface area contributed by atoms with E-state index < -0.39 is 0 Å². The number of hydrogen-bond acceptors (Lipinski definition) is 1. The molecule has 0 heterocycles. The predicted molar refractivity (Wildman–Crippen MR) is 153 cm³/mol. The average Bonchev–Trinajstić information content (AvgIpc) is 2.89. The predicted octanol–water partition coefficient (Wildman–Crippen LogP) is 8.79. The lowest BCUT2D eigenvalue weighted by molar-refractivity contribution is 0.599. The van der Waals surface area contributed by atoms with E-state index in [1.807, 2.05) is 0 Å². The Morgan fingerprint density at radius 3 is 1.11 bits per heavy atom. The fourth-order valence-electron chi connectivity index (χ4n) is 4.53. The van der Waals surface area contributed by atoms with Crippen molar-refractivity contribution in [2.75, 3.05) is 0 Å². The Labute approximate surface area is 216 Å². The topological polar surface area (TPSA) is 12.0 Å².